The van der Waals surface area contributed by atoms with Gasteiger partial charge in [0.25, 0.3) is 0 Å². The zero-order valence-electron chi connectivity index (χ0n) is 14.4. The van der Waals surface area contributed by atoms with E-state index < -0.39 is 5.97 Å². The van der Waals surface area contributed by atoms with Crippen LogP contribution in [0.25, 0.3) is 22.8 Å². The van der Waals surface area contributed by atoms with Crippen molar-refractivity contribution in [2.75, 3.05) is 0 Å². The van der Waals surface area contributed by atoms with E-state index in [1.807, 2.05) is 12.1 Å². The van der Waals surface area contributed by atoms with Gasteiger partial charge in [-0.2, -0.15) is 10.5 Å². The van der Waals surface area contributed by atoms with Gasteiger partial charge < -0.3 is 4.74 Å². The first-order valence-corrected chi connectivity index (χ1v) is 7.98. The molecule has 0 unspecified atom stereocenters. The van der Waals surface area contributed by atoms with E-state index in [9.17, 15) is 4.79 Å². The van der Waals surface area contributed by atoms with E-state index in [0.717, 1.165) is 0 Å². The molecule has 3 rings (SSSR count). The summed E-state index contributed by atoms with van der Waals surface area (Å²) >= 11 is 0. The Labute approximate surface area is 155 Å². The average Bonchev–Trinajstić information content (AvgIpc) is 2.72. The third-order valence-corrected chi connectivity index (χ3v) is 3.58. The van der Waals surface area contributed by atoms with Gasteiger partial charge in [0, 0.05) is 6.92 Å². The molecule has 0 saturated carbocycles. The summed E-state index contributed by atoms with van der Waals surface area (Å²) in [5, 5.41) is 18.1. The Hall–Kier alpha value is -4.10. The summed E-state index contributed by atoms with van der Waals surface area (Å²) < 4.78 is 5.09. The molecule has 0 spiro atoms. The molecule has 0 aliphatic rings. The Morgan fingerprint density at radius 1 is 0.889 bits per heavy atom. The van der Waals surface area contributed by atoms with Crippen molar-refractivity contribution in [2.45, 2.75) is 13.5 Å². The van der Waals surface area contributed by atoms with Crippen LogP contribution in [0.4, 0.5) is 0 Å². The Kier molecular flexibility index (Phi) is 5.15. The molecule has 3 aromatic heterocycles. The van der Waals surface area contributed by atoms with Crippen LogP contribution < -0.4 is 0 Å². The van der Waals surface area contributed by atoms with Gasteiger partial charge in [0.05, 0.1) is 22.8 Å². The smallest absolute Gasteiger partial charge is 0.302 e. The first kappa shape index (κ1) is 17.7. The Balaban J connectivity index is 2.12. The number of nitrogens with zero attached hydrogens (tertiary/aromatic N) is 5. The Morgan fingerprint density at radius 2 is 1.41 bits per heavy atom. The maximum atomic E-state index is 11.2. The van der Waals surface area contributed by atoms with Gasteiger partial charge in [0.1, 0.15) is 30.1 Å². The number of nitriles is 2. The van der Waals surface area contributed by atoms with E-state index in [1.54, 1.807) is 48.5 Å². The second kappa shape index (κ2) is 7.85. The van der Waals surface area contributed by atoms with Crippen LogP contribution in [0.1, 0.15) is 23.9 Å². The summed E-state index contributed by atoms with van der Waals surface area (Å²) in [5.41, 5.74) is 3.27. The fraction of sp³-hybridized carbons (Fsp3) is 0.100. The highest BCUT2D eigenvalue weighted by Crippen LogP contribution is 2.23. The van der Waals surface area contributed by atoms with Crippen LogP contribution in [0.3, 0.4) is 0 Å². The van der Waals surface area contributed by atoms with E-state index in [4.69, 9.17) is 15.3 Å². The molecule has 0 bridgehead atoms. The zero-order valence-corrected chi connectivity index (χ0v) is 14.4. The highest BCUT2D eigenvalue weighted by molar-refractivity contribution is 5.67. The summed E-state index contributed by atoms with van der Waals surface area (Å²) in [6, 6.07) is 17.6. The number of pyridine rings is 3. The molecule has 0 saturated heterocycles. The lowest BCUT2D eigenvalue weighted by molar-refractivity contribution is -0.142. The van der Waals surface area contributed by atoms with Crippen LogP contribution in [0.2, 0.25) is 0 Å². The maximum Gasteiger partial charge on any atom is 0.302 e. The van der Waals surface area contributed by atoms with Gasteiger partial charge in [-0.1, -0.05) is 12.1 Å². The molecule has 3 aromatic rings. The van der Waals surface area contributed by atoms with Crippen LogP contribution in [0.5, 0.6) is 0 Å². The molecular formula is C20H13N5O2. The number of carbonyl (C=O) groups is 1. The second-order valence-electron chi connectivity index (χ2n) is 5.57. The molecule has 3 heterocycles. The van der Waals surface area contributed by atoms with Crippen molar-refractivity contribution >= 4 is 5.97 Å². The van der Waals surface area contributed by atoms with Gasteiger partial charge in [-0.25, -0.2) is 15.0 Å². The third kappa shape index (κ3) is 4.30. The first-order valence-electron chi connectivity index (χ1n) is 7.98. The standard InChI is InChI=1S/C20H13N5O2/c1-13(26)27-12-14-8-19(17-6-2-4-15(10-21)23-17)25-20(9-14)18-7-3-5-16(11-22)24-18/h2-9H,12H2,1H3. The Bertz CT molecular complexity index is 1020. The normalized spacial score (nSPS) is 9.89. The second-order valence-corrected chi connectivity index (χ2v) is 5.57. The van der Waals surface area contributed by atoms with Crippen LogP contribution in [-0.2, 0) is 16.1 Å². The number of ether oxygens (including phenoxy) is 1. The number of aromatic nitrogens is 3. The SMILES string of the molecule is CC(=O)OCc1cc(-c2cccc(C#N)n2)nc(-c2cccc(C#N)n2)c1. The molecule has 0 radical (unpaired) electrons. The quantitative estimate of drug-likeness (QED) is 0.661. The Morgan fingerprint density at radius 3 is 1.85 bits per heavy atom. The van der Waals surface area contributed by atoms with Crippen molar-refractivity contribution in [3.8, 4) is 34.9 Å². The molecule has 0 fully saturated rings. The summed E-state index contributed by atoms with van der Waals surface area (Å²) in [7, 11) is 0. The lowest BCUT2D eigenvalue weighted by atomic mass is 10.1. The van der Waals surface area contributed by atoms with Crippen molar-refractivity contribution in [3.05, 3.63) is 65.5 Å². The summed E-state index contributed by atoms with van der Waals surface area (Å²) in [4.78, 5) is 24.3. The molecule has 0 aliphatic heterocycles. The molecule has 0 amide bonds. The van der Waals surface area contributed by atoms with Crippen LogP contribution >= 0.6 is 0 Å². The predicted octanol–water partition coefficient (Wildman–Crippen LogP) is 3.01. The molecule has 130 valence electrons. The zero-order chi connectivity index (χ0) is 19.2. The number of rotatable bonds is 4. The summed E-state index contributed by atoms with van der Waals surface area (Å²) in [6.07, 6.45) is 0. The van der Waals surface area contributed by atoms with Gasteiger partial charge in [-0.3, -0.25) is 4.79 Å². The number of hydrogen-bond donors (Lipinski definition) is 0. The highest BCUT2D eigenvalue weighted by atomic mass is 16.5. The predicted molar refractivity (Wildman–Crippen MR) is 95.6 cm³/mol. The molecule has 0 aromatic carbocycles. The lowest BCUT2D eigenvalue weighted by Gasteiger charge is -2.09. The molecule has 7 nitrogen and oxygen atoms in total. The molecule has 7 heteroatoms. The average molecular weight is 355 g/mol. The lowest BCUT2D eigenvalue weighted by Crippen LogP contribution is -2.02. The van der Waals surface area contributed by atoms with Gasteiger partial charge >= 0.3 is 5.97 Å². The van der Waals surface area contributed by atoms with Crippen molar-refractivity contribution < 1.29 is 9.53 Å². The largest absolute Gasteiger partial charge is 0.461 e. The van der Waals surface area contributed by atoms with Gasteiger partial charge in [0.2, 0.25) is 0 Å². The van der Waals surface area contributed by atoms with Gasteiger partial charge in [-0.05, 0) is 42.0 Å². The molecule has 0 N–H and O–H groups in total. The fourth-order valence-electron chi connectivity index (χ4n) is 2.40. The van der Waals surface area contributed by atoms with Crippen molar-refractivity contribution in [2.24, 2.45) is 0 Å². The first-order chi connectivity index (χ1) is 13.1. The maximum absolute atomic E-state index is 11.2. The molecule has 0 aliphatic carbocycles. The molecular weight excluding hydrogens is 342 g/mol. The van der Waals surface area contributed by atoms with E-state index in [2.05, 4.69) is 15.0 Å². The fourth-order valence-corrected chi connectivity index (χ4v) is 2.40. The number of hydrogen-bond acceptors (Lipinski definition) is 7. The third-order valence-electron chi connectivity index (χ3n) is 3.58. The van der Waals surface area contributed by atoms with E-state index >= 15 is 0 Å². The minimum atomic E-state index is -0.399. The van der Waals surface area contributed by atoms with E-state index in [0.29, 0.717) is 28.3 Å². The topological polar surface area (TPSA) is 113 Å². The van der Waals surface area contributed by atoms with Crippen molar-refractivity contribution in [1.82, 2.24) is 15.0 Å². The molecule has 0 atom stereocenters. The van der Waals surface area contributed by atoms with Crippen molar-refractivity contribution in [3.63, 3.8) is 0 Å². The summed E-state index contributed by atoms with van der Waals surface area (Å²) in [5.74, 6) is -0.399. The minimum Gasteiger partial charge on any atom is -0.461 e. The summed E-state index contributed by atoms with van der Waals surface area (Å²) in [6.45, 7) is 1.40. The number of esters is 1. The number of carbonyl (C=O) groups excluding carboxylic acids is 1. The van der Waals surface area contributed by atoms with Crippen LogP contribution in [0, 0.1) is 22.7 Å². The highest BCUT2D eigenvalue weighted by Gasteiger charge is 2.11. The monoisotopic (exact) mass is 355 g/mol. The molecule has 27 heavy (non-hydrogen) atoms. The van der Waals surface area contributed by atoms with E-state index in [1.165, 1.54) is 6.92 Å². The minimum absolute atomic E-state index is 0.0632. The van der Waals surface area contributed by atoms with E-state index in [-0.39, 0.29) is 18.0 Å². The van der Waals surface area contributed by atoms with Crippen LogP contribution in [0.15, 0.2) is 48.5 Å². The van der Waals surface area contributed by atoms with Crippen LogP contribution in [-0.4, -0.2) is 20.9 Å². The van der Waals surface area contributed by atoms with Crippen molar-refractivity contribution in [1.29, 1.82) is 10.5 Å². The van der Waals surface area contributed by atoms with Gasteiger partial charge in [0.15, 0.2) is 0 Å². The van der Waals surface area contributed by atoms with Gasteiger partial charge in [-0.15, -0.1) is 0 Å².